The van der Waals surface area contributed by atoms with Crippen molar-refractivity contribution in [1.29, 1.82) is 0 Å². The van der Waals surface area contributed by atoms with Crippen molar-refractivity contribution in [1.82, 2.24) is 10.2 Å². The van der Waals surface area contributed by atoms with Gasteiger partial charge < -0.3 is 4.90 Å². The van der Waals surface area contributed by atoms with Gasteiger partial charge >= 0.3 is 0 Å². The van der Waals surface area contributed by atoms with E-state index < -0.39 is 0 Å². The predicted octanol–water partition coefficient (Wildman–Crippen LogP) is 1.59. The van der Waals surface area contributed by atoms with Crippen LogP contribution >= 0.6 is 0 Å². The summed E-state index contributed by atoms with van der Waals surface area (Å²) in [7, 11) is 0. The number of amides is 1. The van der Waals surface area contributed by atoms with Gasteiger partial charge in [0, 0.05) is 6.54 Å². The van der Waals surface area contributed by atoms with Crippen molar-refractivity contribution in [2.75, 3.05) is 13.1 Å². The summed E-state index contributed by atoms with van der Waals surface area (Å²) in [6, 6.07) is 0. The Labute approximate surface area is 92.2 Å². The number of nitrogens with zero attached hydrogens (tertiary/aromatic N) is 1. The molecule has 1 saturated heterocycles. The standard InChI is InChI=1S/C12H22N2O/c1-4-10-13-7-11(15)14(10)8-12(5-6-12)9(2)3/h9-10,13H,4-8H2,1-3H3. The van der Waals surface area contributed by atoms with Crippen molar-refractivity contribution in [3.05, 3.63) is 0 Å². The molecule has 1 amide bonds. The van der Waals surface area contributed by atoms with E-state index in [0.717, 1.165) is 13.0 Å². The fraction of sp³-hybridized carbons (Fsp3) is 0.917. The van der Waals surface area contributed by atoms with Crippen molar-refractivity contribution < 1.29 is 4.79 Å². The minimum atomic E-state index is 0.286. The molecule has 2 fully saturated rings. The normalized spacial score (nSPS) is 28.9. The van der Waals surface area contributed by atoms with Crippen LogP contribution in [-0.2, 0) is 4.79 Å². The molecule has 1 N–H and O–H groups in total. The summed E-state index contributed by atoms with van der Waals surface area (Å²) >= 11 is 0. The molecular formula is C12H22N2O. The van der Waals surface area contributed by atoms with Gasteiger partial charge in [-0.05, 0) is 30.6 Å². The third kappa shape index (κ3) is 1.89. The zero-order chi connectivity index (χ0) is 11.1. The molecule has 1 atom stereocenters. The lowest BCUT2D eigenvalue weighted by Crippen LogP contribution is -2.41. The summed E-state index contributed by atoms with van der Waals surface area (Å²) in [5.41, 5.74) is 0.440. The largest absolute Gasteiger partial charge is 0.325 e. The van der Waals surface area contributed by atoms with E-state index in [-0.39, 0.29) is 12.1 Å². The van der Waals surface area contributed by atoms with E-state index in [0.29, 0.717) is 17.9 Å². The van der Waals surface area contributed by atoms with Crippen LogP contribution in [0.3, 0.4) is 0 Å². The molecule has 1 unspecified atom stereocenters. The van der Waals surface area contributed by atoms with Gasteiger partial charge in [0.2, 0.25) is 5.91 Å². The Kier molecular flexibility index (Phi) is 2.75. The fourth-order valence-electron chi connectivity index (χ4n) is 2.57. The molecule has 0 radical (unpaired) electrons. The second-order valence-electron chi connectivity index (χ2n) is 5.34. The van der Waals surface area contributed by atoms with E-state index in [2.05, 4.69) is 31.0 Å². The molecule has 0 aromatic heterocycles. The average molecular weight is 210 g/mol. The molecule has 0 bridgehead atoms. The van der Waals surface area contributed by atoms with Crippen molar-refractivity contribution in [2.45, 2.75) is 46.2 Å². The molecule has 1 saturated carbocycles. The Morgan fingerprint density at radius 1 is 1.53 bits per heavy atom. The Hall–Kier alpha value is -0.570. The Morgan fingerprint density at radius 3 is 2.67 bits per heavy atom. The Balaban J connectivity index is 2.01. The Bertz CT molecular complexity index is 258. The molecule has 2 rings (SSSR count). The molecule has 3 heteroatoms. The number of nitrogens with one attached hydrogen (secondary N) is 1. The molecule has 0 aromatic rings. The third-order valence-electron chi connectivity index (χ3n) is 4.17. The number of hydrogen-bond donors (Lipinski definition) is 1. The first kappa shape index (κ1) is 10.9. The number of carbonyl (C=O) groups is 1. The van der Waals surface area contributed by atoms with Crippen LogP contribution in [0.1, 0.15) is 40.0 Å². The molecule has 0 spiro atoms. The molecule has 1 heterocycles. The lowest BCUT2D eigenvalue weighted by Gasteiger charge is -2.30. The summed E-state index contributed by atoms with van der Waals surface area (Å²) in [6.45, 7) is 8.20. The maximum atomic E-state index is 11.7. The molecule has 15 heavy (non-hydrogen) atoms. The van der Waals surface area contributed by atoms with Crippen LogP contribution < -0.4 is 5.32 Å². The Morgan fingerprint density at radius 2 is 2.20 bits per heavy atom. The maximum absolute atomic E-state index is 11.7. The van der Waals surface area contributed by atoms with E-state index in [1.54, 1.807) is 0 Å². The highest BCUT2D eigenvalue weighted by atomic mass is 16.2. The van der Waals surface area contributed by atoms with Crippen LogP contribution in [0.25, 0.3) is 0 Å². The summed E-state index contributed by atoms with van der Waals surface area (Å²) in [5, 5.41) is 3.27. The SMILES string of the molecule is CCC1NCC(=O)N1CC1(C(C)C)CC1. The summed E-state index contributed by atoms with van der Waals surface area (Å²) in [4.78, 5) is 13.8. The van der Waals surface area contributed by atoms with Gasteiger partial charge in [0.15, 0.2) is 0 Å². The smallest absolute Gasteiger partial charge is 0.237 e. The lowest BCUT2D eigenvalue weighted by atomic mass is 9.91. The highest BCUT2D eigenvalue weighted by molar-refractivity contribution is 5.80. The quantitative estimate of drug-likeness (QED) is 0.764. The van der Waals surface area contributed by atoms with Gasteiger partial charge in [0.25, 0.3) is 0 Å². The van der Waals surface area contributed by atoms with Crippen LogP contribution in [0, 0.1) is 11.3 Å². The molecule has 2 aliphatic rings. The molecule has 3 nitrogen and oxygen atoms in total. The minimum Gasteiger partial charge on any atom is -0.325 e. The molecule has 0 aromatic carbocycles. The van der Waals surface area contributed by atoms with Gasteiger partial charge in [0.05, 0.1) is 12.7 Å². The second kappa shape index (κ2) is 3.78. The molecule has 1 aliphatic heterocycles. The van der Waals surface area contributed by atoms with Crippen LogP contribution in [0.2, 0.25) is 0 Å². The first-order chi connectivity index (χ1) is 7.09. The first-order valence-corrected chi connectivity index (χ1v) is 6.12. The van der Waals surface area contributed by atoms with Gasteiger partial charge in [-0.15, -0.1) is 0 Å². The lowest BCUT2D eigenvalue weighted by molar-refractivity contribution is -0.129. The number of rotatable bonds is 4. The van der Waals surface area contributed by atoms with Gasteiger partial charge in [-0.25, -0.2) is 0 Å². The van der Waals surface area contributed by atoms with E-state index in [1.165, 1.54) is 12.8 Å². The van der Waals surface area contributed by atoms with Gasteiger partial charge in [0.1, 0.15) is 0 Å². The van der Waals surface area contributed by atoms with E-state index in [4.69, 9.17) is 0 Å². The summed E-state index contributed by atoms with van der Waals surface area (Å²) in [6.07, 6.45) is 3.89. The van der Waals surface area contributed by atoms with Gasteiger partial charge in [-0.1, -0.05) is 20.8 Å². The molecule has 1 aliphatic carbocycles. The van der Waals surface area contributed by atoms with Crippen molar-refractivity contribution in [2.24, 2.45) is 11.3 Å². The second-order valence-corrected chi connectivity index (χ2v) is 5.34. The van der Waals surface area contributed by atoms with Crippen LogP contribution in [-0.4, -0.2) is 30.1 Å². The summed E-state index contributed by atoms with van der Waals surface area (Å²) in [5.74, 6) is 0.984. The van der Waals surface area contributed by atoms with Crippen molar-refractivity contribution >= 4 is 5.91 Å². The molecule has 86 valence electrons. The van der Waals surface area contributed by atoms with E-state index in [9.17, 15) is 4.79 Å². The topological polar surface area (TPSA) is 32.3 Å². The monoisotopic (exact) mass is 210 g/mol. The highest BCUT2D eigenvalue weighted by Crippen LogP contribution is 2.52. The van der Waals surface area contributed by atoms with Gasteiger partial charge in [-0.2, -0.15) is 0 Å². The number of carbonyl (C=O) groups excluding carboxylic acids is 1. The summed E-state index contributed by atoms with van der Waals surface area (Å²) < 4.78 is 0. The van der Waals surface area contributed by atoms with Gasteiger partial charge in [-0.3, -0.25) is 10.1 Å². The molecular weight excluding hydrogens is 188 g/mol. The zero-order valence-corrected chi connectivity index (χ0v) is 10.0. The van der Waals surface area contributed by atoms with Crippen LogP contribution in [0.5, 0.6) is 0 Å². The third-order valence-corrected chi connectivity index (χ3v) is 4.17. The highest BCUT2D eigenvalue weighted by Gasteiger charge is 2.48. The van der Waals surface area contributed by atoms with E-state index >= 15 is 0 Å². The van der Waals surface area contributed by atoms with E-state index in [1.807, 2.05) is 0 Å². The van der Waals surface area contributed by atoms with Crippen molar-refractivity contribution in [3.63, 3.8) is 0 Å². The minimum absolute atomic E-state index is 0.286. The predicted molar refractivity (Wildman–Crippen MR) is 60.3 cm³/mol. The van der Waals surface area contributed by atoms with Crippen molar-refractivity contribution in [3.8, 4) is 0 Å². The fourth-order valence-corrected chi connectivity index (χ4v) is 2.57. The zero-order valence-electron chi connectivity index (χ0n) is 10.0. The van der Waals surface area contributed by atoms with Crippen LogP contribution in [0.4, 0.5) is 0 Å². The maximum Gasteiger partial charge on any atom is 0.237 e. The first-order valence-electron chi connectivity index (χ1n) is 6.12. The average Bonchev–Trinajstić information content (AvgIpc) is 2.90. The van der Waals surface area contributed by atoms with Crippen LogP contribution in [0.15, 0.2) is 0 Å². The number of hydrogen-bond acceptors (Lipinski definition) is 2.